The topological polar surface area (TPSA) is 101 Å². The van der Waals surface area contributed by atoms with Crippen molar-refractivity contribution < 1.29 is 14.5 Å². The molecule has 0 spiro atoms. The van der Waals surface area contributed by atoms with Gasteiger partial charge in [0.1, 0.15) is 0 Å². The minimum absolute atomic E-state index is 0.0256. The number of carbonyl (C=O) groups excluding carboxylic acids is 2. The van der Waals surface area contributed by atoms with Crippen molar-refractivity contribution in [2.24, 2.45) is 0 Å². The zero-order valence-corrected chi connectivity index (χ0v) is 13.3. The normalized spacial score (nSPS) is 11.4. The molecule has 0 aliphatic rings. The quantitative estimate of drug-likeness (QED) is 0.650. The van der Waals surface area contributed by atoms with Crippen LogP contribution in [-0.2, 0) is 9.59 Å². The Kier molecular flexibility index (Phi) is 5.26. The van der Waals surface area contributed by atoms with Crippen molar-refractivity contribution in [2.75, 3.05) is 10.6 Å². The summed E-state index contributed by atoms with van der Waals surface area (Å²) in [4.78, 5) is 33.8. The summed E-state index contributed by atoms with van der Waals surface area (Å²) in [5.41, 5.74) is 1.64. The Morgan fingerprint density at radius 2 is 1.54 bits per heavy atom. The lowest BCUT2D eigenvalue weighted by atomic mass is 10.00. The number of para-hydroxylation sites is 2. The second-order valence-electron chi connectivity index (χ2n) is 5.29. The number of hydrogen-bond acceptors (Lipinski definition) is 4. The number of amides is 2. The van der Waals surface area contributed by atoms with Gasteiger partial charge in [-0.1, -0.05) is 24.3 Å². The first-order valence-corrected chi connectivity index (χ1v) is 7.30. The molecule has 0 bridgehead atoms. The van der Waals surface area contributed by atoms with Gasteiger partial charge in [-0.05, 0) is 24.6 Å². The fraction of sp³-hybridized carbons (Fsp3) is 0.176. The fourth-order valence-corrected chi connectivity index (χ4v) is 2.17. The average molecular weight is 327 g/mol. The van der Waals surface area contributed by atoms with Gasteiger partial charge >= 0.3 is 0 Å². The van der Waals surface area contributed by atoms with Crippen LogP contribution in [0.5, 0.6) is 0 Å². The molecule has 2 aromatic carbocycles. The molecule has 1 atom stereocenters. The van der Waals surface area contributed by atoms with E-state index in [4.69, 9.17) is 0 Å². The Hall–Kier alpha value is -3.22. The number of nitrogens with one attached hydrogen (secondary N) is 2. The third-order valence-corrected chi connectivity index (χ3v) is 3.49. The highest BCUT2D eigenvalue weighted by molar-refractivity contribution is 6.01. The number of rotatable bonds is 5. The minimum atomic E-state index is -0.504. The first-order valence-electron chi connectivity index (χ1n) is 7.30. The van der Waals surface area contributed by atoms with Crippen molar-refractivity contribution in [3.05, 3.63) is 64.2 Å². The number of hydrogen-bond donors (Lipinski definition) is 2. The summed E-state index contributed by atoms with van der Waals surface area (Å²) < 4.78 is 0. The fourth-order valence-electron chi connectivity index (χ4n) is 2.17. The van der Waals surface area contributed by atoms with Crippen molar-refractivity contribution in [2.45, 2.75) is 19.8 Å². The van der Waals surface area contributed by atoms with Gasteiger partial charge in [-0.25, -0.2) is 0 Å². The summed E-state index contributed by atoms with van der Waals surface area (Å²) in [6.07, 6.45) is 0. The SMILES string of the molecule is CC(=O)Nc1ccccc1NC(=O)[C@H](C)c1ccc([N+](=O)[O-])cc1. The van der Waals surface area contributed by atoms with Crippen molar-refractivity contribution in [3.8, 4) is 0 Å². The highest BCUT2D eigenvalue weighted by atomic mass is 16.6. The zero-order valence-electron chi connectivity index (χ0n) is 13.3. The van der Waals surface area contributed by atoms with E-state index >= 15 is 0 Å². The first kappa shape index (κ1) is 17.1. The maximum absolute atomic E-state index is 12.4. The Morgan fingerprint density at radius 3 is 2.04 bits per heavy atom. The van der Waals surface area contributed by atoms with Gasteiger partial charge in [0.05, 0.1) is 22.2 Å². The molecule has 0 aliphatic heterocycles. The molecule has 0 aliphatic carbocycles. The molecule has 7 nitrogen and oxygen atoms in total. The van der Waals surface area contributed by atoms with Crippen LogP contribution in [0.15, 0.2) is 48.5 Å². The van der Waals surface area contributed by atoms with Gasteiger partial charge in [0.2, 0.25) is 11.8 Å². The molecule has 0 unspecified atom stereocenters. The lowest BCUT2D eigenvalue weighted by Crippen LogP contribution is -2.20. The number of anilines is 2. The monoisotopic (exact) mass is 327 g/mol. The van der Waals surface area contributed by atoms with Gasteiger partial charge in [-0.3, -0.25) is 19.7 Å². The van der Waals surface area contributed by atoms with E-state index in [-0.39, 0.29) is 17.5 Å². The second kappa shape index (κ2) is 7.36. The van der Waals surface area contributed by atoms with Gasteiger partial charge < -0.3 is 10.6 Å². The van der Waals surface area contributed by atoms with Crippen LogP contribution in [-0.4, -0.2) is 16.7 Å². The Balaban J connectivity index is 2.14. The number of nitro benzene ring substituents is 1. The van der Waals surface area contributed by atoms with E-state index < -0.39 is 10.8 Å². The molecule has 2 N–H and O–H groups in total. The standard InChI is InChI=1S/C17H17N3O4/c1-11(13-7-9-14(10-8-13)20(23)24)17(22)19-16-6-4-3-5-15(16)18-12(2)21/h3-11H,1-2H3,(H,18,21)(H,19,22)/t11-/m1/s1. The van der Waals surface area contributed by atoms with E-state index in [9.17, 15) is 19.7 Å². The van der Waals surface area contributed by atoms with E-state index in [2.05, 4.69) is 10.6 Å². The molecular formula is C17H17N3O4. The van der Waals surface area contributed by atoms with Crippen LogP contribution >= 0.6 is 0 Å². The summed E-state index contributed by atoms with van der Waals surface area (Å²) in [5.74, 6) is -1.02. The molecule has 2 amide bonds. The molecule has 2 aromatic rings. The van der Waals surface area contributed by atoms with Gasteiger partial charge in [0.25, 0.3) is 5.69 Å². The average Bonchev–Trinajstić information content (AvgIpc) is 2.55. The third-order valence-electron chi connectivity index (χ3n) is 3.49. The highest BCUT2D eigenvalue weighted by Crippen LogP contribution is 2.24. The lowest BCUT2D eigenvalue weighted by molar-refractivity contribution is -0.384. The summed E-state index contributed by atoms with van der Waals surface area (Å²) in [6.45, 7) is 3.09. The van der Waals surface area contributed by atoms with Crippen LogP contribution in [0.4, 0.5) is 17.1 Å². The number of nitro groups is 1. The van der Waals surface area contributed by atoms with E-state index in [1.165, 1.54) is 19.1 Å². The van der Waals surface area contributed by atoms with Crippen molar-refractivity contribution in [1.29, 1.82) is 0 Å². The van der Waals surface area contributed by atoms with Crippen molar-refractivity contribution >= 4 is 28.9 Å². The summed E-state index contributed by atoms with van der Waals surface area (Å²) in [6, 6.07) is 12.7. The van der Waals surface area contributed by atoms with Crippen LogP contribution in [0.25, 0.3) is 0 Å². The summed E-state index contributed by atoms with van der Waals surface area (Å²) in [5, 5.41) is 16.1. The van der Waals surface area contributed by atoms with Crippen molar-refractivity contribution in [1.82, 2.24) is 0 Å². The van der Waals surface area contributed by atoms with Gasteiger partial charge in [0, 0.05) is 19.1 Å². The molecule has 0 aromatic heterocycles. The zero-order chi connectivity index (χ0) is 17.7. The molecule has 2 rings (SSSR count). The van der Waals surface area contributed by atoms with Crippen LogP contribution in [0.1, 0.15) is 25.3 Å². The predicted molar refractivity (Wildman–Crippen MR) is 90.9 cm³/mol. The largest absolute Gasteiger partial charge is 0.325 e. The number of carbonyl (C=O) groups is 2. The maximum atomic E-state index is 12.4. The summed E-state index contributed by atoms with van der Waals surface area (Å²) in [7, 11) is 0. The third kappa shape index (κ3) is 4.16. The van der Waals surface area contributed by atoms with E-state index in [1.807, 2.05) is 0 Å². The van der Waals surface area contributed by atoms with Gasteiger partial charge in [-0.2, -0.15) is 0 Å². The van der Waals surface area contributed by atoms with Crippen LogP contribution < -0.4 is 10.6 Å². The molecule has 24 heavy (non-hydrogen) atoms. The first-order chi connectivity index (χ1) is 11.4. The highest BCUT2D eigenvalue weighted by Gasteiger charge is 2.17. The second-order valence-corrected chi connectivity index (χ2v) is 5.29. The lowest BCUT2D eigenvalue weighted by Gasteiger charge is -2.15. The number of nitrogens with zero attached hydrogens (tertiary/aromatic N) is 1. The number of non-ortho nitro benzene ring substituents is 1. The van der Waals surface area contributed by atoms with E-state index in [0.29, 0.717) is 16.9 Å². The molecule has 124 valence electrons. The molecular weight excluding hydrogens is 310 g/mol. The molecule has 0 saturated heterocycles. The van der Waals surface area contributed by atoms with Crippen LogP contribution in [0.3, 0.4) is 0 Å². The van der Waals surface area contributed by atoms with E-state index in [0.717, 1.165) is 0 Å². The Labute approximate surface area is 138 Å². The Morgan fingerprint density at radius 1 is 1.00 bits per heavy atom. The predicted octanol–water partition coefficient (Wildman–Crippen LogP) is 3.30. The van der Waals surface area contributed by atoms with Crippen LogP contribution in [0.2, 0.25) is 0 Å². The molecule has 0 saturated carbocycles. The summed E-state index contributed by atoms with van der Waals surface area (Å²) >= 11 is 0. The molecule has 7 heteroatoms. The number of benzene rings is 2. The van der Waals surface area contributed by atoms with Gasteiger partial charge in [-0.15, -0.1) is 0 Å². The smallest absolute Gasteiger partial charge is 0.269 e. The minimum Gasteiger partial charge on any atom is -0.325 e. The van der Waals surface area contributed by atoms with Gasteiger partial charge in [0.15, 0.2) is 0 Å². The van der Waals surface area contributed by atoms with Crippen molar-refractivity contribution in [3.63, 3.8) is 0 Å². The molecule has 0 fully saturated rings. The molecule has 0 heterocycles. The Bertz CT molecular complexity index is 772. The molecule has 0 radical (unpaired) electrons. The van der Waals surface area contributed by atoms with Crippen LogP contribution in [0, 0.1) is 10.1 Å². The maximum Gasteiger partial charge on any atom is 0.269 e. The van der Waals surface area contributed by atoms with E-state index in [1.54, 1.807) is 43.3 Å².